The number of aryl methyl sites for hydroxylation is 2. The van der Waals surface area contributed by atoms with Crippen LogP contribution in [0.4, 0.5) is 11.4 Å². The van der Waals surface area contributed by atoms with Gasteiger partial charge in [-0.15, -0.1) is 0 Å². The largest absolute Gasteiger partial charge is 0.322 e. The van der Waals surface area contributed by atoms with Gasteiger partial charge in [-0.05, 0) is 61.9 Å². The molecule has 3 rings (SSSR count). The van der Waals surface area contributed by atoms with E-state index in [-0.39, 0.29) is 11.6 Å². The molecular weight excluding hydrogens is 362 g/mol. The molecule has 27 heavy (non-hydrogen) atoms. The minimum absolute atomic E-state index is 0.154. The van der Waals surface area contributed by atoms with Crippen molar-refractivity contribution in [2.45, 2.75) is 13.8 Å². The van der Waals surface area contributed by atoms with E-state index in [0.717, 1.165) is 11.1 Å². The molecule has 1 heterocycles. The van der Waals surface area contributed by atoms with Crippen molar-refractivity contribution in [3.8, 4) is 0 Å². The number of hydrogen-bond donors (Lipinski definition) is 2. The first kappa shape index (κ1) is 18.6. The maximum absolute atomic E-state index is 12.5. The van der Waals surface area contributed by atoms with Crippen LogP contribution in [0.5, 0.6) is 0 Å². The van der Waals surface area contributed by atoms with Gasteiger partial charge in [0.05, 0.1) is 0 Å². The van der Waals surface area contributed by atoms with E-state index in [4.69, 9.17) is 11.6 Å². The number of carbonyl (C=O) groups excluding carboxylic acids is 2. The molecule has 0 fully saturated rings. The summed E-state index contributed by atoms with van der Waals surface area (Å²) in [5.74, 6) is -0.705. The summed E-state index contributed by atoms with van der Waals surface area (Å²) in [6, 6.07) is 15.7. The molecule has 0 aliphatic heterocycles. The van der Waals surface area contributed by atoms with Crippen molar-refractivity contribution < 1.29 is 9.59 Å². The lowest BCUT2D eigenvalue weighted by Gasteiger charge is -2.09. The number of rotatable bonds is 4. The third-order valence-electron chi connectivity index (χ3n) is 4.00. The van der Waals surface area contributed by atoms with Crippen molar-refractivity contribution in [3.05, 3.63) is 88.2 Å². The summed E-state index contributed by atoms with van der Waals surface area (Å²) in [5.41, 5.74) is 3.77. The van der Waals surface area contributed by atoms with Crippen molar-refractivity contribution in [3.63, 3.8) is 0 Å². The minimum Gasteiger partial charge on any atom is -0.322 e. The van der Waals surface area contributed by atoms with Crippen molar-refractivity contribution in [1.29, 1.82) is 0 Å². The quantitative estimate of drug-likeness (QED) is 0.680. The lowest BCUT2D eigenvalue weighted by atomic mass is 10.1. The molecule has 2 amide bonds. The summed E-state index contributed by atoms with van der Waals surface area (Å²) >= 11 is 5.93. The zero-order valence-corrected chi connectivity index (χ0v) is 15.7. The number of nitrogens with zero attached hydrogens (tertiary/aromatic N) is 1. The fourth-order valence-electron chi connectivity index (χ4n) is 2.49. The zero-order chi connectivity index (χ0) is 19.4. The van der Waals surface area contributed by atoms with Crippen molar-refractivity contribution in [1.82, 2.24) is 4.98 Å². The number of nitrogens with one attached hydrogen (secondary N) is 2. The first-order chi connectivity index (χ1) is 12.9. The van der Waals surface area contributed by atoms with Crippen LogP contribution in [0.2, 0.25) is 5.02 Å². The Labute approximate surface area is 162 Å². The fraction of sp³-hybridized carbons (Fsp3) is 0.0952. The minimum atomic E-state index is -0.398. The number of amides is 2. The van der Waals surface area contributed by atoms with Gasteiger partial charge in [0.2, 0.25) is 0 Å². The number of hydrogen-bond acceptors (Lipinski definition) is 3. The van der Waals surface area contributed by atoms with Gasteiger partial charge < -0.3 is 10.6 Å². The highest BCUT2D eigenvalue weighted by molar-refractivity contribution is 6.30. The Morgan fingerprint density at radius 2 is 1.63 bits per heavy atom. The number of carbonyl (C=O) groups is 2. The predicted octanol–water partition coefficient (Wildman–Crippen LogP) is 4.86. The smallest absolute Gasteiger partial charge is 0.274 e. The molecule has 0 unspecified atom stereocenters. The molecule has 0 aliphatic rings. The van der Waals surface area contributed by atoms with Gasteiger partial charge in [-0.2, -0.15) is 0 Å². The predicted molar refractivity (Wildman–Crippen MR) is 108 cm³/mol. The maximum atomic E-state index is 12.5. The average Bonchev–Trinajstić information content (AvgIpc) is 2.66. The van der Waals surface area contributed by atoms with Crippen LogP contribution < -0.4 is 10.6 Å². The molecule has 2 aromatic carbocycles. The highest BCUT2D eigenvalue weighted by atomic mass is 35.5. The van der Waals surface area contributed by atoms with Crippen LogP contribution in [-0.2, 0) is 0 Å². The molecule has 3 aromatic rings. The molecule has 0 aliphatic carbocycles. The number of halogens is 1. The number of pyridine rings is 1. The van der Waals surface area contributed by atoms with Gasteiger partial charge in [0.1, 0.15) is 5.69 Å². The summed E-state index contributed by atoms with van der Waals surface area (Å²) in [4.78, 5) is 29.0. The fourth-order valence-corrected chi connectivity index (χ4v) is 2.72. The highest BCUT2D eigenvalue weighted by Crippen LogP contribution is 2.20. The second kappa shape index (κ2) is 8.01. The van der Waals surface area contributed by atoms with E-state index in [1.165, 1.54) is 12.3 Å². The summed E-state index contributed by atoms with van der Waals surface area (Å²) in [7, 11) is 0. The molecule has 0 atom stereocenters. The van der Waals surface area contributed by atoms with Gasteiger partial charge in [-0.25, -0.2) is 0 Å². The van der Waals surface area contributed by atoms with Crippen molar-refractivity contribution in [2.75, 3.05) is 10.6 Å². The van der Waals surface area contributed by atoms with E-state index in [2.05, 4.69) is 15.6 Å². The Bertz CT molecular complexity index is 1000. The molecular formula is C21H18ClN3O2. The summed E-state index contributed by atoms with van der Waals surface area (Å²) in [5, 5.41) is 6.18. The third kappa shape index (κ3) is 4.71. The van der Waals surface area contributed by atoms with Gasteiger partial charge in [-0.1, -0.05) is 29.3 Å². The monoisotopic (exact) mass is 379 g/mol. The number of benzene rings is 2. The average molecular weight is 380 g/mol. The lowest BCUT2D eigenvalue weighted by molar-refractivity contribution is 0.102. The van der Waals surface area contributed by atoms with Gasteiger partial charge in [-0.3, -0.25) is 14.6 Å². The van der Waals surface area contributed by atoms with E-state index in [1.807, 2.05) is 38.1 Å². The molecule has 0 saturated heterocycles. The van der Waals surface area contributed by atoms with E-state index in [9.17, 15) is 9.59 Å². The van der Waals surface area contributed by atoms with Crippen molar-refractivity contribution >= 4 is 34.8 Å². The van der Waals surface area contributed by atoms with Crippen LogP contribution in [0, 0.1) is 13.8 Å². The van der Waals surface area contributed by atoms with Crippen molar-refractivity contribution in [2.24, 2.45) is 0 Å². The van der Waals surface area contributed by atoms with Gasteiger partial charge >= 0.3 is 0 Å². The van der Waals surface area contributed by atoms with Crippen LogP contribution in [0.15, 0.2) is 60.8 Å². The summed E-state index contributed by atoms with van der Waals surface area (Å²) in [6.07, 6.45) is 1.44. The standard InChI is InChI=1S/C21H18ClN3O2/c1-13-3-6-17(7-4-13)24-20(26)15-9-10-23-19(12-15)21(27)25-18-8-5-16(22)11-14(18)2/h3-12H,1-2H3,(H,24,26)(H,25,27). The Morgan fingerprint density at radius 3 is 2.33 bits per heavy atom. The van der Waals surface area contributed by atoms with E-state index in [1.54, 1.807) is 24.3 Å². The molecule has 5 nitrogen and oxygen atoms in total. The van der Waals surface area contributed by atoms with E-state index >= 15 is 0 Å². The molecule has 6 heteroatoms. The van der Waals surface area contributed by atoms with Crippen LogP contribution in [0.3, 0.4) is 0 Å². The first-order valence-corrected chi connectivity index (χ1v) is 8.72. The van der Waals surface area contributed by atoms with Gasteiger partial charge in [0.25, 0.3) is 11.8 Å². The van der Waals surface area contributed by atoms with Crippen LogP contribution >= 0.6 is 11.6 Å². The SMILES string of the molecule is Cc1ccc(NC(=O)c2ccnc(C(=O)Nc3ccc(Cl)cc3C)c2)cc1. The molecule has 1 aromatic heterocycles. The summed E-state index contributed by atoms with van der Waals surface area (Å²) < 4.78 is 0. The Morgan fingerprint density at radius 1 is 0.889 bits per heavy atom. The summed E-state index contributed by atoms with van der Waals surface area (Å²) in [6.45, 7) is 3.82. The molecule has 136 valence electrons. The van der Waals surface area contributed by atoms with Crippen LogP contribution in [0.25, 0.3) is 0 Å². The van der Waals surface area contributed by atoms with Gasteiger partial charge in [0, 0.05) is 28.2 Å². The number of aromatic nitrogens is 1. The maximum Gasteiger partial charge on any atom is 0.274 e. The molecule has 0 spiro atoms. The molecule has 2 N–H and O–H groups in total. The molecule has 0 saturated carbocycles. The normalized spacial score (nSPS) is 10.3. The van der Waals surface area contributed by atoms with E-state index < -0.39 is 5.91 Å². The Balaban J connectivity index is 1.75. The second-order valence-corrected chi connectivity index (χ2v) is 6.60. The number of anilines is 2. The van der Waals surface area contributed by atoms with Gasteiger partial charge in [0.15, 0.2) is 0 Å². The lowest BCUT2D eigenvalue weighted by Crippen LogP contribution is -2.17. The third-order valence-corrected chi connectivity index (χ3v) is 4.24. The second-order valence-electron chi connectivity index (χ2n) is 6.16. The van der Waals surface area contributed by atoms with Crippen LogP contribution in [0.1, 0.15) is 32.0 Å². The first-order valence-electron chi connectivity index (χ1n) is 8.34. The topological polar surface area (TPSA) is 71.1 Å². The van der Waals surface area contributed by atoms with E-state index in [0.29, 0.717) is 22.0 Å². The Kier molecular flexibility index (Phi) is 5.52. The van der Waals surface area contributed by atoms with Crippen LogP contribution in [-0.4, -0.2) is 16.8 Å². The molecule has 0 bridgehead atoms. The zero-order valence-electron chi connectivity index (χ0n) is 14.9. The molecule has 0 radical (unpaired) electrons. The Hall–Kier alpha value is -3.18. The highest BCUT2D eigenvalue weighted by Gasteiger charge is 2.13.